The number of imidazole rings is 1. The standard InChI is InChI=1S/C30H34ClN7O6/c1-3-4-10-24-33-27(31)23(18-43-30(42)29(32-2)44-26(41)12-7-11-25(39)40)38(24)17-19-13-15-20(16-14-19)21-8-5-6-9-22(21)28-34-36-37-35-28/h5-6,8-9,13-16,29,32H,3-4,7,10-12,17-18H2,1-2H3,(H,39,40)(H,34,35,36,37)/t29-/m0/s1. The number of carbonyl (C=O) groups excluding carboxylic acids is 2. The van der Waals surface area contributed by atoms with E-state index < -0.39 is 24.1 Å². The van der Waals surface area contributed by atoms with Gasteiger partial charge in [0.1, 0.15) is 12.4 Å². The molecule has 44 heavy (non-hydrogen) atoms. The van der Waals surface area contributed by atoms with E-state index in [2.05, 4.69) is 37.8 Å². The number of esters is 2. The third-order valence-corrected chi connectivity index (χ3v) is 7.13. The van der Waals surface area contributed by atoms with Gasteiger partial charge >= 0.3 is 17.9 Å². The number of ether oxygens (including phenoxy) is 2. The first kappa shape index (κ1) is 32.3. The lowest BCUT2D eigenvalue weighted by Gasteiger charge is -2.17. The molecule has 4 aromatic rings. The number of aryl methyl sites for hydroxylation is 1. The fourth-order valence-electron chi connectivity index (χ4n) is 4.55. The molecule has 14 heteroatoms. The van der Waals surface area contributed by atoms with Crippen molar-refractivity contribution in [3.8, 4) is 22.5 Å². The number of carbonyl (C=O) groups is 3. The average molecular weight is 624 g/mol. The van der Waals surface area contributed by atoms with Crippen LogP contribution in [0.4, 0.5) is 0 Å². The number of carboxylic acids is 1. The fraction of sp³-hybridized carbons (Fsp3) is 0.367. The number of halogens is 1. The molecule has 2 aromatic carbocycles. The van der Waals surface area contributed by atoms with Crippen LogP contribution >= 0.6 is 11.6 Å². The van der Waals surface area contributed by atoms with Gasteiger partial charge in [0.05, 0.1) is 5.69 Å². The second-order valence-corrected chi connectivity index (χ2v) is 10.3. The zero-order chi connectivity index (χ0) is 31.5. The number of carboxylic acid groups (broad SMARTS) is 1. The molecule has 0 amide bonds. The second kappa shape index (κ2) is 15.7. The molecule has 0 fully saturated rings. The van der Waals surface area contributed by atoms with Gasteiger partial charge in [-0.2, -0.15) is 5.21 Å². The minimum atomic E-state index is -1.36. The Bertz CT molecular complexity index is 1560. The van der Waals surface area contributed by atoms with E-state index in [1.807, 2.05) is 53.1 Å². The van der Waals surface area contributed by atoms with Crippen LogP contribution in [0.1, 0.15) is 56.1 Å². The number of benzene rings is 2. The van der Waals surface area contributed by atoms with Crippen molar-refractivity contribution in [3.63, 3.8) is 0 Å². The van der Waals surface area contributed by atoms with E-state index in [0.29, 0.717) is 24.5 Å². The molecule has 0 spiro atoms. The van der Waals surface area contributed by atoms with Crippen LogP contribution in [-0.4, -0.2) is 66.5 Å². The van der Waals surface area contributed by atoms with E-state index in [1.165, 1.54) is 7.05 Å². The molecule has 0 aliphatic rings. The zero-order valence-corrected chi connectivity index (χ0v) is 25.2. The number of hydrogen-bond acceptors (Lipinski definition) is 10. The van der Waals surface area contributed by atoms with E-state index in [9.17, 15) is 14.4 Å². The van der Waals surface area contributed by atoms with Crippen molar-refractivity contribution < 1.29 is 29.0 Å². The minimum absolute atomic E-state index is 0.0985. The van der Waals surface area contributed by atoms with Crippen LogP contribution in [0.25, 0.3) is 22.5 Å². The number of likely N-dealkylation sites (N-methyl/N-ethyl adjacent to an activating group) is 1. The molecular formula is C30H34ClN7O6. The summed E-state index contributed by atoms with van der Waals surface area (Å²) in [5.74, 6) is -1.27. The van der Waals surface area contributed by atoms with E-state index in [-0.39, 0.29) is 31.0 Å². The highest BCUT2D eigenvalue weighted by Gasteiger charge is 2.25. The lowest BCUT2D eigenvalue weighted by Crippen LogP contribution is -2.39. The number of H-pyrrole nitrogens is 1. The van der Waals surface area contributed by atoms with Crippen molar-refractivity contribution in [1.29, 1.82) is 0 Å². The summed E-state index contributed by atoms with van der Waals surface area (Å²) in [5, 5.41) is 26.0. The van der Waals surface area contributed by atoms with Gasteiger partial charge in [-0.05, 0) is 41.8 Å². The maximum absolute atomic E-state index is 12.8. The summed E-state index contributed by atoms with van der Waals surface area (Å²) < 4.78 is 12.6. The number of tetrazole rings is 1. The van der Waals surface area contributed by atoms with Crippen molar-refractivity contribution in [2.45, 2.75) is 64.8 Å². The van der Waals surface area contributed by atoms with Gasteiger partial charge in [-0.1, -0.05) is 73.5 Å². The van der Waals surface area contributed by atoms with E-state index in [4.69, 9.17) is 26.2 Å². The zero-order valence-electron chi connectivity index (χ0n) is 24.5. The summed E-state index contributed by atoms with van der Waals surface area (Å²) in [7, 11) is 1.45. The monoisotopic (exact) mass is 623 g/mol. The van der Waals surface area contributed by atoms with Crippen molar-refractivity contribution in [2.24, 2.45) is 0 Å². The number of rotatable bonds is 16. The van der Waals surface area contributed by atoms with Gasteiger partial charge < -0.3 is 19.1 Å². The van der Waals surface area contributed by atoms with Crippen LogP contribution in [0.3, 0.4) is 0 Å². The van der Waals surface area contributed by atoms with Gasteiger partial charge in [-0.25, -0.2) is 9.78 Å². The maximum atomic E-state index is 12.8. The van der Waals surface area contributed by atoms with Crippen LogP contribution < -0.4 is 5.32 Å². The van der Waals surface area contributed by atoms with Crippen molar-refractivity contribution in [3.05, 3.63) is 70.8 Å². The summed E-state index contributed by atoms with van der Waals surface area (Å²) in [4.78, 5) is 40.1. The topological polar surface area (TPSA) is 174 Å². The highest BCUT2D eigenvalue weighted by atomic mass is 35.5. The number of unbranched alkanes of at least 4 members (excludes halogenated alkanes) is 1. The summed E-state index contributed by atoms with van der Waals surface area (Å²) in [6, 6.07) is 15.9. The Morgan fingerprint density at radius 3 is 2.48 bits per heavy atom. The smallest absolute Gasteiger partial charge is 0.363 e. The Morgan fingerprint density at radius 2 is 1.82 bits per heavy atom. The van der Waals surface area contributed by atoms with Gasteiger partial charge in [0.15, 0.2) is 5.15 Å². The summed E-state index contributed by atoms with van der Waals surface area (Å²) in [6.07, 6.45) is 0.976. The third-order valence-electron chi connectivity index (χ3n) is 6.82. The largest absolute Gasteiger partial charge is 0.481 e. The van der Waals surface area contributed by atoms with E-state index in [1.54, 1.807) is 0 Å². The predicted octanol–water partition coefficient (Wildman–Crippen LogP) is 4.16. The summed E-state index contributed by atoms with van der Waals surface area (Å²) in [6.45, 7) is 2.33. The SMILES string of the molecule is CCCCc1nc(Cl)c(COC(=O)[C@@H](NC)OC(=O)CCCC(=O)O)n1Cc1ccc(-c2ccccc2-c2nn[nH]n2)cc1. The first-order valence-corrected chi connectivity index (χ1v) is 14.6. The molecule has 0 aliphatic carbocycles. The third kappa shape index (κ3) is 8.48. The molecule has 2 heterocycles. The van der Waals surface area contributed by atoms with Gasteiger partial charge in [0.2, 0.25) is 5.82 Å². The van der Waals surface area contributed by atoms with Crippen LogP contribution in [0.2, 0.25) is 5.15 Å². The van der Waals surface area contributed by atoms with Gasteiger partial charge in [0, 0.05) is 31.4 Å². The number of aromatic amines is 1. The van der Waals surface area contributed by atoms with Crippen molar-refractivity contribution in [2.75, 3.05) is 7.05 Å². The molecule has 0 radical (unpaired) electrons. The van der Waals surface area contributed by atoms with E-state index >= 15 is 0 Å². The predicted molar refractivity (Wildman–Crippen MR) is 160 cm³/mol. The normalized spacial score (nSPS) is 11.7. The molecule has 2 aromatic heterocycles. The molecule has 0 saturated carbocycles. The summed E-state index contributed by atoms with van der Waals surface area (Å²) >= 11 is 6.54. The molecule has 13 nitrogen and oxygen atoms in total. The molecule has 232 valence electrons. The van der Waals surface area contributed by atoms with Crippen molar-refractivity contribution in [1.82, 2.24) is 35.5 Å². The molecular weight excluding hydrogens is 590 g/mol. The minimum Gasteiger partial charge on any atom is -0.481 e. The van der Waals surface area contributed by atoms with Crippen LogP contribution in [-0.2, 0) is 43.4 Å². The highest BCUT2D eigenvalue weighted by molar-refractivity contribution is 6.30. The molecule has 1 atom stereocenters. The molecule has 0 saturated heterocycles. The Morgan fingerprint density at radius 1 is 1.07 bits per heavy atom. The molecule has 3 N–H and O–H groups in total. The van der Waals surface area contributed by atoms with Crippen LogP contribution in [0.5, 0.6) is 0 Å². The quantitative estimate of drug-likeness (QED) is 0.121. The van der Waals surface area contributed by atoms with Gasteiger partial charge in [-0.15, -0.1) is 10.2 Å². The lowest BCUT2D eigenvalue weighted by atomic mass is 9.98. The second-order valence-electron chi connectivity index (χ2n) is 9.95. The fourth-order valence-corrected chi connectivity index (χ4v) is 4.80. The molecule has 0 unspecified atom stereocenters. The Labute approximate surface area is 258 Å². The first-order valence-electron chi connectivity index (χ1n) is 14.2. The Hall–Kier alpha value is -4.62. The van der Waals surface area contributed by atoms with E-state index in [0.717, 1.165) is 40.9 Å². The van der Waals surface area contributed by atoms with Crippen LogP contribution in [0, 0.1) is 0 Å². The first-order chi connectivity index (χ1) is 21.3. The lowest BCUT2D eigenvalue weighted by molar-refractivity contribution is -0.171. The van der Waals surface area contributed by atoms with Gasteiger partial charge in [0.25, 0.3) is 6.23 Å². The van der Waals surface area contributed by atoms with Gasteiger partial charge in [-0.3, -0.25) is 14.9 Å². The maximum Gasteiger partial charge on any atom is 0.363 e. The van der Waals surface area contributed by atoms with Crippen molar-refractivity contribution >= 4 is 29.5 Å². The highest BCUT2D eigenvalue weighted by Crippen LogP contribution is 2.30. The summed E-state index contributed by atoms with van der Waals surface area (Å²) in [5.41, 5.74) is 4.29. The Kier molecular flexibility index (Phi) is 11.5. The Balaban J connectivity index is 1.49. The average Bonchev–Trinajstić information content (AvgIpc) is 3.66. The molecule has 0 bridgehead atoms. The molecule has 0 aliphatic heterocycles. The molecule has 4 rings (SSSR count). The number of aromatic nitrogens is 6. The number of nitrogens with one attached hydrogen (secondary N) is 2. The number of nitrogens with zero attached hydrogens (tertiary/aromatic N) is 5. The number of aliphatic carboxylic acids is 1. The van der Waals surface area contributed by atoms with Crippen LogP contribution in [0.15, 0.2) is 48.5 Å². The number of hydrogen-bond donors (Lipinski definition) is 3.